The van der Waals surface area contributed by atoms with E-state index >= 15 is 0 Å². The number of benzene rings is 2. The van der Waals surface area contributed by atoms with Crippen molar-refractivity contribution in [3.05, 3.63) is 107 Å². The predicted molar refractivity (Wildman–Crippen MR) is 156 cm³/mol. The summed E-state index contributed by atoms with van der Waals surface area (Å²) in [5, 5.41) is 4.80. The first kappa shape index (κ1) is 24.9. The topological polar surface area (TPSA) is 36.3 Å². The van der Waals surface area contributed by atoms with E-state index in [9.17, 15) is 4.39 Å². The van der Waals surface area contributed by atoms with E-state index in [1.54, 1.807) is 12.3 Å². The molecule has 0 amide bonds. The van der Waals surface area contributed by atoms with Gasteiger partial charge in [0.1, 0.15) is 11.9 Å². The van der Waals surface area contributed by atoms with Crippen LogP contribution in [0.15, 0.2) is 85.2 Å². The average Bonchev–Trinajstić information content (AvgIpc) is 3.54. The van der Waals surface area contributed by atoms with E-state index in [1.165, 1.54) is 25.0 Å². The molecule has 0 saturated carbocycles. The Morgan fingerprint density at radius 3 is 2.55 bits per heavy atom. The SMILES string of the molecule is CC1CCN(c2ccc(N3C(=S)N[C@@H](c4ccccn4)[C@@H]3c3cccn3-c3cccc(F)c3)cc2Cl)CC1. The molecule has 5 nitrogen and oxygen atoms in total. The zero-order valence-electron chi connectivity index (χ0n) is 21.1. The molecule has 6 rings (SSSR count). The summed E-state index contributed by atoms with van der Waals surface area (Å²) in [5.41, 5.74) is 4.54. The molecule has 2 aromatic carbocycles. The summed E-state index contributed by atoms with van der Waals surface area (Å²) in [6.07, 6.45) is 6.08. The van der Waals surface area contributed by atoms with Gasteiger partial charge in [-0.15, -0.1) is 0 Å². The van der Waals surface area contributed by atoms with Crippen LogP contribution < -0.4 is 15.1 Å². The van der Waals surface area contributed by atoms with Crippen molar-refractivity contribution in [1.82, 2.24) is 14.9 Å². The van der Waals surface area contributed by atoms with Crippen LogP contribution in [0.5, 0.6) is 0 Å². The second kappa shape index (κ2) is 10.4. The van der Waals surface area contributed by atoms with E-state index in [0.29, 0.717) is 10.1 Å². The summed E-state index contributed by atoms with van der Waals surface area (Å²) in [6, 6.07) is 22.3. The number of rotatable bonds is 5. The van der Waals surface area contributed by atoms with Gasteiger partial charge in [-0.2, -0.15) is 0 Å². The number of halogens is 2. The van der Waals surface area contributed by atoms with Crippen LogP contribution in [0.3, 0.4) is 0 Å². The summed E-state index contributed by atoms with van der Waals surface area (Å²) < 4.78 is 16.2. The number of anilines is 2. The smallest absolute Gasteiger partial charge is 0.174 e. The minimum atomic E-state index is -0.283. The molecule has 1 N–H and O–H groups in total. The molecular formula is C30H29ClFN5S. The van der Waals surface area contributed by atoms with Crippen molar-refractivity contribution in [2.24, 2.45) is 5.92 Å². The van der Waals surface area contributed by atoms with Crippen LogP contribution in [0, 0.1) is 11.7 Å². The Balaban J connectivity index is 1.42. The van der Waals surface area contributed by atoms with Crippen LogP contribution in [0.1, 0.15) is 43.2 Å². The summed E-state index contributed by atoms with van der Waals surface area (Å²) in [6.45, 7) is 4.33. The number of aromatic nitrogens is 2. The Bertz CT molecular complexity index is 1450. The van der Waals surface area contributed by atoms with Gasteiger partial charge in [-0.05, 0) is 91.6 Å². The second-order valence-electron chi connectivity index (χ2n) is 10.1. The lowest BCUT2D eigenvalue weighted by molar-refractivity contribution is 0.438. The van der Waals surface area contributed by atoms with Gasteiger partial charge in [-0.1, -0.05) is 30.7 Å². The van der Waals surface area contributed by atoms with Crippen molar-refractivity contribution in [2.75, 3.05) is 22.9 Å². The fourth-order valence-corrected chi connectivity index (χ4v) is 6.22. The van der Waals surface area contributed by atoms with Crippen molar-refractivity contribution in [3.63, 3.8) is 0 Å². The number of nitrogens with zero attached hydrogens (tertiary/aromatic N) is 4. The molecule has 38 heavy (non-hydrogen) atoms. The van der Waals surface area contributed by atoms with Gasteiger partial charge >= 0.3 is 0 Å². The van der Waals surface area contributed by atoms with Crippen molar-refractivity contribution < 1.29 is 4.39 Å². The first-order valence-electron chi connectivity index (χ1n) is 13.0. The van der Waals surface area contributed by atoms with Gasteiger partial charge in [-0.3, -0.25) is 4.98 Å². The number of hydrogen-bond donors (Lipinski definition) is 1. The average molecular weight is 546 g/mol. The molecular weight excluding hydrogens is 517 g/mol. The Labute approximate surface area is 232 Å². The maximum atomic E-state index is 14.2. The predicted octanol–water partition coefficient (Wildman–Crippen LogP) is 7.08. The molecule has 4 heterocycles. The minimum Gasteiger partial charge on any atom is -0.370 e. The molecule has 8 heteroatoms. The molecule has 2 aromatic heterocycles. The third kappa shape index (κ3) is 4.65. The van der Waals surface area contributed by atoms with Crippen molar-refractivity contribution in [2.45, 2.75) is 31.8 Å². The highest BCUT2D eigenvalue weighted by Crippen LogP contribution is 2.44. The molecule has 194 valence electrons. The largest absolute Gasteiger partial charge is 0.370 e. The molecule has 2 saturated heterocycles. The first-order valence-corrected chi connectivity index (χ1v) is 13.8. The lowest BCUT2D eigenvalue weighted by atomic mass is 9.98. The van der Waals surface area contributed by atoms with E-state index < -0.39 is 0 Å². The molecule has 2 aliphatic heterocycles. The van der Waals surface area contributed by atoms with E-state index in [1.807, 2.05) is 47.2 Å². The van der Waals surface area contributed by atoms with Gasteiger partial charge in [-0.25, -0.2) is 4.39 Å². The Morgan fingerprint density at radius 2 is 1.82 bits per heavy atom. The normalized spacial score (nSPS) is 20.1. The number of hydrogen-bond acceptors (Lipinski definition) is 3. The lowest BCUT2D eigenvalue weighted by Gasteiger charge is -2.33. The third-order valence-electron chi connectivity index (χ3n) is 7.60. The zero-order valence-corrected chi connectivity index (χ0v) is 22.7. The van der Waals surface area contributed by atoms with Gasteiger partial charge in [0.15, 0.2) is 5.11 Å². The first-order chi connectivity index (χ1) is 18.5. The number of nitrogens with one attached hydrogen (secondary N) is 1. The second-order valence-corrected chi connectivity index (χ2v) is 10.9. The number of piperidine rings is 1. The van der Waals surface area contributed by atoms with Crippen LogP contribution in [-0.2, 0) is 0 Å². The monoisotopic (exact) mass is 545 g/mol. The highest BCUT2D eigenvalue weighted by Gasteiger charge is 2.42. The van der Waals surface area contributed by atoms with Gasteiger partial charge in [0, 0.05) is 42.6 Å². The fraction of sp³-hybridized carbons (Fsp3) is 0.267. The quantitative estimate of drug-likeness (QED) is 0.271. The van der Waals surface area contributed by atoms with Crippen LogP contribution in [0.2, 0.25) is 5.02 Å². The molecule has 0 radical (unpaired) electrons. The van der Waals surface area contributed by atoms with E-state index in [0.717, 1.165) is 47.5 Å². The highest BCUT2D eigenvalue weighted by molar-refractivity contribution is 7.80. The van der Waals surface area contributed by atoms with Crippen LogP contribution in [0.4, 0.5) is 15.8 Å². The summed E-state index contributed by atoms with van der Waals surface area (Å²) in [4.78, 5) is 9.12. The molecule has 2 atom stereocenters. The van der Waals surface area contributed by atoms with Crippen molar-refractivity contribution >= 4 is 40.3 Å². The Hall–Kier alpha value is -3.42. The zero-order chi connectivity index (χ0) is 26.2. The molecule has 2 aliphatic rings. The van der Waals surface area contributed by atoms with E-state index in [2.05, 4.69) is 45.2 Å². The molecule has 2 fully saturated rings. The van der Waals surface area contributed by atoms with Crippen molar-refractivity contribution in [1.29, 1.82) is 0 Å². The Kier molecular flexibility index (Phi) is 6.80. The third-order valence-corrected chi connectivity index (χ3v) is 8.22. The summed E-state index contributed by atoms with van der Waals surface area (Å²) in [5.74, 6) is 0.464. The summed E-state index contributed by atoms with van der Waals surface area (Å²) >= 11 is 12.8. The number of pyridine rings is 1. The summed E-state index contributed by atoms with van der Waals surface area (Å²) in [7, 11) is 0. The highest BCUT2D eigenvalue weighted by atomic mass is 35.5. The van der Waals surface area contributed by atoms with Crippen LogP contribution in [-0.4, -0.2) is 27.8 Å². The molecule has 0 spiro atoms. The van der Waals surface area contributed by atoms with Gasteiger partial charge in [0.05, 0.1) is 22.4 Å². The van der Waals surface area contributed by atoms with Gasteiger partial charge in [0.25, 0.3) is 0 Å². The van der Waals surface area contributed by atoms with Crippen molar-refractivity contribution in [3.8, 4) is 5.69 Å². The molecule has 0 unspecified atom stereocenters. The van der Waals surface area contributed by atoms with Gasteiger partial charge in [0.2, 0.25) is 0 Å². The maximum Gasteiger partial charge on any atom is 0.174 e. The molecule has 0 bridgehead atoms. The molecule has 0 aliphatic carbocycles. The number of thiocarbonyl (C=S) groups is 1. The standard InChI is InChI=1S/C30H29ClFN5S/c1-20-12-16-35(17-13-20)26-11-10-23(19-24(26)31)37-29(28(34-30(37)38)25-8-2-3-14-33-25)27-9-5-15-36(27)22-7-4-6-21(32)18-22/h2-11,14-15,18-20,28-29H,12-13,16-17H2,1H3,(H,34,38)/t28-,29-/m0/s1. The van der Waals surface area contributed by atoms with Crippen LogP contribution in [0.25, 0.3) is 5.69 Å². The minimum absolute atomic E-state index is 0.215. The van der Waals surface area contributed by atoms with E-state index in [-0.39, 0.29) is 17.9 Å². The van der Waals surface area contributed by atoms with Gasteiger partial charge < -0.3 is 19.7 Å². The fourth-order valence-electron chi connectivity index (χ4n) is 5.58. The Morgan fingerprint density at radius 1 is 0.974 bits per heavy atom. The van der Waals surface area contributed by atoms with Crippen LogP contribution >= 0.6 is 23.8 Å². The lowest BCUT2D eigenvalue weighted by Crippen LogP contribution is -2.33. The maximum absolute atomic E-state index is 14.2. The van der Waals surface area contributed by atoms with E-state index in [4.69, 9.17) is 23.8 Å². The molecule has 4 aromatic rings.